The van der Waals surface area contributed by atoms with Crippen LogP contribution >= 0.6 is 11.3 Å². The number of aromatic nitrogens is 8. The van der Waals surface area contributed by atoms with Crippen LogP contribution in [0.2, 0.25) is 0 Å². The number of nitrogens with zero attached hydrogens (tertiary/aromatic N) is 6. The molecule has 10 nitrogen and oxygen atoms in total. The highest BCUT2D eigenvalue weighted by Crippen LogP contribution is 2.34. The van der Waals surface area contributed by atoms with E-state index in [2.05, 4.69) is 30.5 Å². The van der Waals surface area contributed by atoms with Crippen LogP contribution in [0.4, 0.5) is 0 Å². The van der Waals surface area contributed by atoms with Crippen molar-refractivity contribution in [1.29, 1.82) is 0 Å². The second-order valence-electron chi connectivity index (χ2n) is 7.28. The van der Waals surface area contributed by atoms with E-state index in [1.807, 2.05) is 18.2 Å². The molecule has 0 aliphatic rings. The van der Waals surface area contributed by atoms with E-state index in [-0.39, 0.29) is 5.56 Å². The van der Waals surface area contributed by atoms with E-state index in [1.165, 1.54) is 16.0 Å². The molecule has 0 aliphatic carbocycles. The van der Waals surface area contributed by atoms with Crippen LogP contribution in [0.15, 0.2) is 47.7 Å². The molecule has 1 atom stereocenters. The van der Waals surface area contributed by atoms with Crippen LogP contribution in [-0.4, -0.2) is 44.8 Å². The van der Waals surface area contributed by atoms with Gasteiger partial charge in [0.25, 0.3) is 5.56 Å². The number of rotatable bonds is 4. The lowest BCUT2D eigenvalue weighted by molar-refractivity contribution is 0.215. The third kappa shape index (κ3) is 2.64. The van der Waals surface area contributed by atoms with Crippen molar-refractivity contribution in [2.45, 2.75) is 12.6 Å². The zero-order chi connectivity index (χ0) is 21.1. The molecular formula is C20H16N8O2S. The molecule has 1 aromatic carbocycles. The molecule has 0 fully saturated rings. The Morgan fingerprint density at radius 3 is 2.97 bits per heavy atom. The second kappa shape index (κ2) is 6.59. The first kappa shape index (κ1) is 18.0. The van der Waals surface area contributed by atoms with E-state index < -0.39 is 6.10 Å². The summed E-state index contributed by atoms with van der Waals surface area (Å²) in [6, 6.07) is 7.53. The number of hydrogen-bond acceptors (Lipinski definition) is 7. The molecule has 6 rings (SSSR count). The summed E-state index contributed by atoms with van der Waals surface area (Å²) < 4.78 is 4.03. The van der Waals surface area contributed by atoms with Gasteiger partial charge in [0.05, 0.1) is 34.8 Å². The Bertz CT molecular complexity index is 1620. The molecule has 0 saturated carbocycles. The molecule has 0 radical (unpaired) electrons. The average molecular weight is 432 g/mol. The first-order chi connectivity index (χ1) is 15.1. The molecule has 0 saturated heterocycles. The van der Waals surface area contributed by atoms with Crippen LogP contribution < -0.4 is 5.56 Å². The summed E-state index contributed by atoms with van der Waals surface area (Å²) in [5.41, 5.74) is 3.34. The molecule has 0 bridgehead atoms. The maximum atomic E-state index is 13.3. The topological polar surface area (TPSA) is 130 Å². The van der Waals surface area contributed by atoms with Crippen molar-refractivity contribution < 1.29 is 5.11 Å². The first-order valence-electron chi connectivity index (χ1n) is 9.55. The number of aromatic amines is 2. The molecule has 5 aromatic heterocycles. The maximum Gasteiger partial charge on any atom is 0.291 e. The van der Waals surface area contributed by atoms with E-state index in [0.29, 0.717) is 28.4 Å². The number of hydrogen-bond donors (Lipinski definition) is 3. The van der Waals surface area contributed by atoms with Gasteiger partial charge in [0.1, 0.15) is 16.6 Å². The predicted octanol–water partition coefficient (Wildman–Crippen LogP) is 2.07. The van der Waals surface area contributed by atoms with Gasteiger partial charge in [-0.1, -0.05) is 12.1 Å². The SMILES string of the molecule is Cn1c2nc([C@H](O)c3cc[nH]n3)sc2c2cnn(Cc3cccc4[nH]ncc34)c(=O)c21. The Morgan fingerprint density at radius 2 is 2.13 bits per heavy atom. The Morgan fingerprint density at radius 1 is 1.23 bits per heavy atom. The minimum absolute atomic E-state index is 0.194. The number of nitrogens with one attached hydrogen (secondary N) is 2. The lowest BCUT2D eigenvalue weighted by Gasteiger charge is -2.07. The third-order valence-electron chi connectivity index (χ3n) is 5.47. The van der Waals surface area contributed by atoms with Crippen molar-refractivity contribution in [2.24, 2.45) is 7.05 Å². The Hall–Kier alpha value is -3.83. The van der Waals surface area contributed by atoms with Crippen molar-refractivity contribution >= 4 is 43.5 Å². The van der Waals surface area contributed by atoms with E-state index >= 15 is 0 Å². The minimum atomic E-state index is -0.928. The molecule has 0 spiro atoms. The first-order valence-corrected chi connectivity index (χ1v) is 10.4. The minimum Gasteiger partial charge on any atom is -0.379 e. The summed E-state index contributed by atoms with van der Waals surface area (Å²) in [7, 11) is 1.80. The number of aryl methyl sites for hydroxylation is 1. The zero-order valence-corrected chi connectivity index (χ0v) is 17.1. The fourth-order valence-corrected chi connectivity index (χ4v) is 5.02. The van der Waals surface area contributed by atoms with Gasteiger partial charge in [-0.15, -0.1) is 11.3 Å². The molecule has 3 N–H and O–H groups in total. The van der Waals surface area contributed by atoms with E-state index in [1.54, 1.807) is 36.3 Å². The van der Waals surface area contributed by atoms with Crippen LogP contribution in [0, 0.1) is 0 Å². The van der Waals surface area contributed by atoms with Gasteiger partial charge in [0.2, 0.25) is 0 Å². The largest absolute Gasteiger partial charge is 0.379 e. The van der Waals surface area contributed by atoms with Gasteiger partial charge >= 0.3 is 0 Å². The van der Waals surface area contributed by atoms with Crippen LogP contribution in [0.25, 0.3) is 32.2 Å². The Labute approximate surface area is 177 Å². The van der Waals surface area contributed by atoms with Gasteiger partial charge in [0, 0.05) is 24.0 Å². The van der Waals surface area contributed by atoms with Gasteiger partial charge in [-0.25, -0.2) is 9.67 Å². The normalized spacial score (nSPS) is 13.0. The maximum absolute atomic E-state index is 13.3. The summed E-state index contributed by atoms with van der Waals surface area (Å²) >= 11 is 1.34. The number of H-pyrrole nitrogens is 2. The van der Waals surface area contributed by atoms with Crippen molar-refractivity contribution in [3.63, 3.8) is 0 Å². The van der Waals surface area contributed by atoms with Crippen molar-refractivity contribution in [2.75, 3.05) is 0 Å². The van der Waals surface area contributed by atoms with Crippen molar-refractivity contribution in [3.05, 3.63) is 69.5 Å². The van der Waals surface area contributed by atoms with E-state index in [4.69, 9.17) is 0 Å². The number of benzene rings is 1. The lowest BCUT2D eigenvalue weighted by Crippen LogP contribution is -2.24. The fourth-order valence-electron chi connectivity index (χ4n) is 3.91. The number of fused-ring (bicyclic) bond motifs is 4. The third-order valence-corrected chi connectivity index (χ3v) is 6.60. The molecule has 0 amide bonds. The van der Waals surface area contributed by atoms with Gasteiger partial charge in [-0.05, 0) is 17.7 Å². The van der Waals surface area contributed by atoms with Crippen molar-refractivity contribution in [1.82, 2.24) is 39.7 Å². The Balaban J connectivity index is 1.46. The lowest BCUT2D eigenvalue weighted by atomic mass is 10.1. The summed E-state index contributed by atoms with van der Waals surface area (Å²) in [4.78, 5) is 17.9. The highest BCUT2D eigenvalue weighted by Gasteiger charge is 2.23. The van der Waals surface area contributed by atoms with Gasteiger partial charge in [0.15, 0.2) is 5.65 Å². The molecule has 154 valence electrons. The van der Waals surface area contributed by atoms with Gasteiger partial charge < -0.3 is 9.67 Å². The van der Waals surface area contributed by atoms with Crippen molar-refractivity contribution in [3.8, 4) is 0 Å². The zero-order valence-electron chi connectivity index (χ0n) is 16.3. The summed E-state index contributed by atoms with van der Waals surface area (Å²) in [5, 5.41) is 30.9. The van der Waals surface area contributed by atoms with Gasteiger partial charge in [-0.3, -0.25) is 15.0 Å². The smallest absolute Gasteiger partial charge is 0.291 e. The molecule has 31 heavy (non-hydrogen) atoms. The Kier molecular flexibility index (Phi) is 3.82. The van der Waals surface area contributed by atoms with Crippen LogP contribution in [0.1, 0.15) is 22.4 Å². The summed E-state index contributed by atoms with van der Waals surface area (Å²) in [6.07, 6.45) is 4.17. The summed E-state index contributed by atoms with van der Waals surface area (Å²) in [6.45, 7) is 0.334. The van der Waals surface area contributed by atoms with Crippen LogP contribution in [0.3, 0.4) is 0 Å². The second-order valence-corrected chi connectivity index (χ2v) is 8.31. The predicted molar refractivity (Wildman–Crippen MR) is 116 cm³/mol. The highest BCUT2D eigenvalue weighted by molar-refractivity contribution is 7.19. The monoisotopic (exact) mass is 432 g/mol. The molecule has 11 heteroatoms. The standard InChI is InChI=1S/C20H16N8O2S/c1-27-15-12(17-18(27)24-19(31-17)16(29)14-5-6-21-26-14)8-23-28(20(15)30)9-10-3-2-4-13-11(10)7-22-25-13/h2-8,16,29H,9H2,1H3,(H,21,26)(H,22,25)/t16-/m1/s1. The van der Waals surface area contributed by atoms with Crippen LogP contribution in [-0.2, 0) is 13.6 Å². The quantitative estimate of drug-likeness (QED) is 0.391. The molecule has 0 aliphatic heterocycles. The van der Waals surface area contributed by atoms with E-state index in [0.717, 1.165) is 26.6 Å². The molecule has 5 heterocycles. The van der Waals surface area contributed by atoms with Crippen LogP contribution in [0.5, 0.6) is 0 Å². The highest BCUT2D eigenvalue weighted by atomic mass is 32.1. The molecule has 0 unspecified atom stereocenters. The van der Waals surface area contributed by atoms with Gasteiger partial charge in [-0.2, -0.15) is 15.3 Å². The number of aliphatic hydroxyl groups excluding tert-OH is 1. The molecule has 6 aromatic rings. The summed E-state index contributed by atoms with van der Waals surface area (Å²) in [5.74, 6) is 0. The molecular weight excluding hydrogens is 416 g/mol. The number of aliphatic hydroxyl groups is 1. The fraction of sp³-hybridized carbons (Fsp3) is 0.150. The van der Waals surface area contributed by atoms with E-state index in [9.17, 15) is 9.90 Å². The average Bonchev–Trinajstić information content (AvgIpc) is 3.56. The number of thiazole rings is 1.